The summed E-state index contributed by atoms with van der Waals surface area (Å²) in [5, 5.41) is 0. The zero-order valence-corrected chi connectivity index (χ0v) is 12.7. The fraction of sp³-hybridized carbons (Fsp3) is 0.333. The summed E-state index contributed by atoms with van der Waals surface area (Å²) in [5.74, 6) is 1.21. The predicted octanol–water partition coefficient (Wildman–Crippen LogP) is 3.38. The molecule has 4 nitrogen and oxygen atoms in total. The number of esters is 2. The fourth-order valence-electron chi connectivity index (χ4n) is 1.75. The van der Waals surface area contributed by atoms with Crippen LogP contribution in [-0.4, -0.2) is 25.2 Å². The van der Waals surface area contributed by atoms with E-state index in [1.807, 2.05) is 0 Å². The van der Waals surface area contributed by atoms with E-state index in [0.717, 1.165) is 19.3 Å². The van der Waals surface area contributed by atoms with E-state index in [0.29, 0.717) is 6.61 Å². The van der Waals surface area contributed by atoms with Gasteiger partial charge in [-0.1, -0.05) is 37.8 Å². The maximum atomic E-state index is 12.0. The number of carbonyl (C=O) groups excluding carboxylic acids is 2. The van der Waals surface area contributed by atoms with Crippen LogP contribution >= 0.6 is 0 Å². The number of hydrogen-bond donors (Lipinski definition) is 0. The highest BCUT2D eigenvalue weighted by molar-refractivity contribution is 6.03. The lowest BCUT2D eigenvalue weighted by atomic mass is 10.1. The van der Waals surface area contributed by atoms with E-state index in [-0.39, 0.29) is 17.7 Å². The van der Waals surface area contributed by atoms with Gasteiger partial charge in [0.2, 0.25) is 0 Å². The summed E-state index contributed by atoms with van der Waals surface area (Å²) >= 11 is 0. The molecule has 116 valence electrons. The summed E-state index contributed by atoms with van der Waals surface area (Å²) in [6, 6.07) is 6.44. The third-order valence-corrected chi connectivity index (χ3v) is 2.87. The Morgan fingerprint density at radius 1 is 1.14 bits per heavy atom. The monoisotopic (exact) mass is 300 g/mol. The molecule has 0 aliphatic rings. The van der Waals surface area contributed by atoms with Crippen molar-refractivity contribution in [3.63, 3.8) is 0 Å². The van der Waals surface area contributed by atoms with Crippen LogP contribution in [0.4, 0.5) is 0 Å². The van der Waals surface area contributed by atoms with E-state index in [1.165, 1.54) is 12.1 Å². The van der Waals surface area contributed by atoms with E-state index in [9.17, 15) is 9.59 Å². The van der Waals surface area contributed by atoms with E-state index >= 15 is 0 Å². The standard InChI is InChI=1S/C18H20O4/c1-3-5-9-13-21-17(19)15-11-7-8-12-16(15)18(20)22-14-10-6-4-2/h1,5,7-9,11-12H,4,6,10,13-14H2,2H3/b9-5+. The Morgan fingerprint density at radius 3 is 2.36 bits per heavy atom. The number of unbranched alkanes of at least 4 members (excludes halogenated alkanes) is 2. The van der Waals surface area contributed by atoms with Crippen LogP contribution < -0.4 is 0 Å². The van der Waals surface area contributed by atoms with E-state index < -0.39 is 11.9 Å². The highest BCUT2D eigenvalue weighted by Gasteiger charge is 2.18. The van der Waals surface area contributed by atoms with Gasteiger partial charge in [-0.05, 0) is 30.7 Å². The zero-order chi connectivity index (χ0) is 16.2. The number of terminal acetylenes is 1. The van der Waals surface area contributed by atoms with Crippen molar-refractivity contribution in [1.29, 1.82) is 0 Å². The van der Waals surface area contributed by atoms with Crippen molar-refractivity contribution in [3.05, 3.63) is 47.5 Å². The molecule has 0 aromatic heterocycles. The van der Waals surface area contributed by atoms with Gasteiger partial charge in [-0.15, -0.1) is 6.42 Å². The average Bonchev–Trinajstić information content (AvgIpc) is 2.55. The van der Waals surface area contributed by atoms with Gasteiger partial charge in [-0.25, -0.2) is 9.59 Å². The van der Waals surface area contributed by atoms with Crippen molar-refractivity contribution in [2.75, 3.05) is 13.2 Å². The van der Waals surface area contributed by atoms with Crippen molar-refractivity contribution >= 4 is 11.9 Å². The van der Waals surface area contributed by atoms with Crippen molar-refractivity contribution in [2.24, 2.45) is 0 Å². The lowest BCUT2D eigenvalue weighted by Gasteiger charge is -2.09. The van der Waals surface area contributed by atoms with Gasteiger partial charge >= 0.3 is 11.9 Å². The molecule has 0 radical (unpaired) electrons. The molecule has 0 bridgehead atoms. The van der Waals surface area contributed by atoms with Crippen LogP contribution in [-0.2, 0) is 9.47 Å². The molecule has 0 saturated carbocycles. The molecule has 1 aromatic rings. The first kappa shape index (κ1) is 17.5. The van der Waals surface area contributed by atoms with Crippen LogP contribution in [0.5, 0.6) is 0 Å². The molecular weight excluding hydrogens is 280 g/mol. The van der Waals surface area contributed by atoms with Gasteiger partial charge < -0.3 is 9.47 Å². The molecule has 0 atom stereocenters. The minimum Gasteiger partial charge on any atom is -0.462 e. The Morgan fingerprint density at radius 2 is 1.77 bits per heavy atom. The number of carbonyl (C=O) groups is 2. The molecule has 1 aromatic carbocycles. The molecule has 4 heteroatoms. The quantitative estimate of drug-likeness (QED) is 0.419. The Kier molecular flexibility index (Phi) is 8.14. The molecule has 0 heterocycles. The highest BCUT2D eigenvalue weighted by atomic mass is 16.5. The molecule has 0 aliphatic heterocycles. The van der Waals surface area contributed by atoms with Crippen molar-refractivity contribution < 1.29 is 19.1 Å². The second-order valence-corrected chi connectivity index (χ2v) is 4.56. The summed E-state index contributed by atoms with van der Waals surface area (Å²) in [7, 11) is 0. The summed E-state index contributed by atoms with van der Waals surface area (Å²) < 4.78 is 10.2. The summed E-state index contributed by atoms with van der Waals surface area (Å²) in [6.45, 7) is 2.48. The van der Waals surface area contributed by atoms with Crippen molar-refractivity contribution in [1.82, 2.24) is 0 Å². The maximum absolute atomic E-state index is 12.0. The zero-order valence-electron chi connectivity index (χ0n) is 12.7. The lowest BCUT2D eigenvalue weighted by molar-refractivity contribution is 0.0470. The van der Waals surface area contributed by atoms with Gasteiger partial charge in [-0.3, -0.25) is 0 Å². The molecule has 1 rings (SSSR count). The smallest absolute Gasteiger partial charge is 0.339 e. The largest absolute Gasteiger partial charge is 0.462 e. The van der Waals surface area contributed by atoms with Crippen LogP contribution in [0.3, 0.4) is 0 Å². The van der Waals surface area contributed by atoms with Gasteiger partial charge in [0.05, 0.1) is 17.7 Å². The van der Waals surface area contributed by atoms with E-state index in [4.69, 9.17) is 15.9 Å². The summed E-state index contributed by atoms with van der Waals surface area (Å²) in [6.07, 6.45) is 10.9. The topological polar surface area (TPSA) is 52.6 Å². The number of benzene rings is 1. The number of allylic oxidation sites excluding steroid dienone is 1. The average molecular weight is 300 g/mol. The number of ether oxygens (including phenoxy) is 2. The maximum Gasteiger partial charge on any atom is 0.339 e. The Balaban J connectivity index is 2.68. The molecule has 0 amide bonds. The number of rotatable bonds is 8. The highest BCUT2D eigenvalue weighted by Crippen LogP contribution is 2.12. The second-order valence-electron chi connectivity index (χ2n) is 4.56. The fourth-order valence-corrected chi connectivity index (χ4v) is 1.75. The summed E-state index contributed by atoms with van der Waals surface area (Å²) in [5.41, 5.74) is 0.405. The molecule has 0 aliphatic carbocycles. The van der Waals surface area contributed by atoms with Crippen molar-refractivity contribution in [3.8, 4) is 12.3 Å². The van der Waals surface area contributed by atoms with Gasteiger partial charge in [0.15, 0.2) is 0 Å². The molecule has 0 spiro atoms. The molecule has 0 fully saturated rings. The minimum absolute atomic E-state index is 0.0584. The van der Waals surface area contributed by atoms with Crippen LogP contribution in [0.25, 0.3) is 0 Å². The number of hydrogen-bond acceptors (Lipinski definition) is 4. The first-order valence-electron chi connectivity index (χ1n) is 7.25. The lowest BCUT2D eigenvalue weighted by Crippen LogP contribution is -2.14. The molecular formula is C18H20O4. The van der Waals surface area contributed by atoms with Crippen LogP contribution in [0.15, 0.2) is 36.4 Å². The third-order valence-electron chi connectivity index (χ3n) is 2.87. The molecule has 0 unspecified atom stereocenters. The SMILES string of the molecule is C#C/C=C/COC(=O)c1ccccc1C(=O)OCCCCC. The van der Waals surface area contributed by atoms with E-state index in [1.54, 1.807) is 24.3 Å². The van der Waals surface area contributed by atoms with Crippen molar-refractivity contribution in [2.45, 2.75) is 26.2 Å². The first-order valence-corrected chi connectivity index (χ1v) is 7.25. The predicted molar refractivity (Wildman–Crippen MR) is 84.5 cm³/mol. The minimum atomic E-state index is -0.581. The van der Waals surface area contributed by atoms with E-state index in [2.05, 4.69) is 12.8 Å². The van der Waals surface area contributed by atoms with Crippen LogP contribution in [0.2, 0.25) is 0 Å². The molecule has 0 saturated heterocycles. The summed E-state index contributed by atoms with van der Waals surface area (Å²) in [4.78, 5) is 24.0. The van der Waals surface area contributed by atoms with Gasteiger partial charge in [-0.2, -0.15) is 0 Å². The second kappa shape index (κ2) is 10.2. The molecule has 22 heavy (non-hydrogen) atoms. The van der Waals surface area contributed by atoms with Crippen LogP contribution in [0, 0.1) is 12.3 Å². The first-order chi connectivity index (χ1) is 10.7. The Hall–Kier alpha value is -2.54. The molecule has 0 N–H and O–H groups in total. The van der Waals surface area contributed by atoms with Gasteiger partial charge in [0.1, 0.15) is 6.61 Å². The Labute approximate surface area is 131 Å². The normalized spacial score (nSPS) is 10.2. The van der Waals surface area contributed by atoms with Crippen LogP contribution in [0.1, 0.15) is 46.9 Å². The van der Waals surface area contributed by atoms with Gasteiger partial charge in [0.25, 0.3) is 0 Å². The third kappa shape index (κ3) is 5.84. The Bertz CT molecular complexity index is 567. The van der Waals surface area contributed by atoms with Gasteiger partial charge in [0, 0.05) is 0 Å².